The fourth-order valence-corrected chi connectivity index (χ4v) is 2.36. The van der Waals surface area contributed by atoms with Crippen molar-refractivity contribution in [3.63, 3.8) is 0 Å². The molecule has 3 atom stereocenters. The molecule has 2 heteroatoms. The molecule has 66 valence electrons. The Kier molecular flexibility index (Phi) is 1.29. The van der Waals surface area contributed by atoms with E-state index in [1.807, 2.05) is 0 Å². The van der Waals surface area contributed by atoms with Crippen LogP contribution < -0.4 is 5.32 Å². The summed E-state index contributed by atoms with van der Waals surface area (Å²) >= 11 is 0. The molecule has 1 amide bonds. The summed E-state index contributed by atoms with van der Waals surface area (Å²) in [5.41, 5.74) is 1.30. The topological polar surface area (TPSA) is 29.1 Å². The van der Waals surface area contributed by atoms with E-state index in [-0.39, 0.29) is 11.9 Å². The average Bonchev–Trinajstić information content (AvgIpc) is 2.35. The summed E-state index contributed by atoms with van der Waals surface area (Å²) in [6.07, 6.45) is 11.5. The normalized spacial score (nSPS) is 39.8. The lowest BCUT2D eigenvalue weighted by molar-refractivity contribution is -0.122. The van der Waals surface area contributed by atoms with Crippen molar-refractivity contribution < 1.29 is 4.79 Å². The molecule has 4 bridgehead atoms. The second-order valence-electron chi connectivity index (χ2n) is 3.88. The monoisotopic (exact) mass is 173 g/mol. The van der Waals surface area contributed by atoms with Gasteiger partial charge < -0.3 is 5.32 Å². The highest BCUT2D eigenvalue weighted by molar-refractivity contribution is 5.81. The van der Waals surface area contributed by atoms with Gasteiger partial charge in [-0.25, -0.2) is 0 Å². The zero-order valence-corrected chi connectivity index (χ0v) is 7.23. The molecule has 0 saturated carbocycles. The molecule has 3 aliphatic carbocycles. The zero-order chi connectivity index (χ0) is 8.84. The number of allylic oxidation sites excluding steroid dienone is 3. The maximum atomic E-state index is 11.3. The van der Waals surface area contributed by atoms with Crippen molar-refractivity contribution in [3.05, 3.63) is 36.0 Å². The van der Waals surface area contributed by atoms with E-state index in [2.05, 4.69) is 35.7 Å². The molecule has 1 fully saturated rings. The van der Waals surface area contributed by atoms with Crippen LogP contribution in [-0.2, 0) is 4.79 Å². The van der Waals surface area contributed by atoms with Crippen molar-refractivity contribution >= 4 is 5.91 Å². The molecule has 0 aromatic heterocycles. The first kappa shape index (κ1) is 7.13. The first-order chi connectivity index (χ1) is 6.33. The molecule has 2 nitrogen and oxygen atoms in total. The van der Waals surface area contributed by atoms with Crippen LogP contribution in [0.2, 0.25) is 0 Å². The molecular formula is C11H11NO. The third kappa shape index (κ3) is 0.981. The SMILES string of the molecule is O=C1CC2=C[C@H]3C=C[C@H]2[C@@H](C=C3)N1. The molecule has 0 aromatic carbocycles. The lowest BCUT2D eigenvalue weighted by Gasteiger charge is -2.31. The van der Waals surface area contributed by atoms with E-state index in [1.165, 1.54) is 5.57 Å². The number of rotatable bonds is 0. The smallest absolute Gasteiger partial charge is 0.224 e. The highest BCUT2D eigenvalue weighted by Crippen LogP contribution is 2.34. The minimum absolute atomic E-state index is 0.160. The molecule has 1 saturated heterocycles. The standard InChI is InChI=1S/C11H11NO/c13-11-6-8-5-7-1-3-9(8)10(12-11)4-2-7/h1-5,7,9-10H,6H2,(H,12,13)/t7-,9+,10+/m0/s1. The second-order valence-corrected chi connectivity index (χ2v) is 3.88. The minimum Gasteiger partial charge on any atom is -0.349 e. The van der Waals surface area contributed by atoms with Crippen LogP contribution in [0.15, 0.2) is 36.0 Å². The third-order valence-corrected chi connectivity index (χ3v) is 3.00. The first-order valence-corrected chi connectivity index (χ1v) is 4.69. The predicted octanol–water partition coefficient (Wildman–Crippen LogP) is 1.17. The fraction of sp³-hybridized carbons (Fsp3) is 0.364. The van der Waals surface area contributed by atoms with Gasteiger partial charge in [-0.15, -0.1) is 0 Å². The summed E-state index contributed by atoms with van der Waals surface area (Å²) in [6.45, 7) is 0. The average molecular weight is 173 g/mol. The van der Waals surface area contributed by atoms with Crippen molar-refractivity contribution in [2.24, 2.45) is 11.8 Å². The van der Waals surface area contributed by atoms with Crippen molar-refractivity contribution in [3.8, 4) is 0 Å². The summed E-state index contributed by atoms with van der Waals surface area (Å²) in [5, 5.41) is 3.00. The van der Waals surface area contributed by atoms with Gasteiger partial charge in [-0.2, -0.15) is 0 Å². The molecule has 0 unspecified atom stereocenters. The van der Waals surface area contributed by atoms with E-state index in [9.17, 15) is 4.79 Å². The molecule has 13 heavy (non-hydrogen) atoms. The third-order valence-electron chi connectivity index (χ3n) is 3.00. The van der Waals surface area contributed by atoms with Gasteiger partial charge in [0.1, 0.15) is 0 Å². The van der Waals surface area contributed by atoms with Crippen LogP contribution in [0.1, 0.15) is 6.42 Å². The van der Waals surface area contributed by atoms with Crippen molar-refractivity contribution in [2.75, 3.05) is 0 Å². The van der Waals surface area contributed by atoms with Gasteiger partial charge in [0.15, 0.2) is 0 Å². The van der Waals surface area contributed by atoms with Gasteiger partial charge in [-0.05, 0) is 0 Å². The van der Waals surface area contributed by atoms with Crippen molar-refractivity contribution in [1.29, 1.82) is 0 Å². The van der Waals surface area contributed by atoms with Crippen molar-refractivity contribution in [1.82, 2.24) is 5.32 Å². The Balaban J connectivity index is 2.09. The van der Waals surface area contributed by atoms with Crippen LogP contribution in [0.3, 0.4) is 0 Å². The number of piperidine rings is 1. The van der Waals surface area contributed by atoms with Gasteiger partial charge in [0.25, 0.3) is 0 Å². The van der Waals surface area contributed by atoms with Crippen LogP contribution in [0.4, 0.5) is 0 Å². The van der Waals surface area contributed by atoms with Crippen LogP contribution in [0, 0.1) is 11.8 Å². The van der Waals surface area contributed by atoms with E-state index in [0.717, 1.165) is 0 Å². The number of nitrogens with one attached hydrogen (secondary N) is 1. The quantitative estimate of drug-likeness (QED) is 0.547. The van der Waals surface area contributed by atoms with Crippen LogP contribution in [0.5, 0.6) is 0 Å². The number of carbonyl (C=O) groups excluding carboxylic acids is 1. The zero-order valence-electron chi connectivity index (χ0n) is 7.23. The Morgan fingerprint density at radius 2 is 2.08 bits per heavy atom. The Morgan fingerprint density at radius 1 is 1.23 bits per heavy atom. The molecular weight excluding hydrogens is 162 g/mol. The molecule has 1 aliphatic heterocycles. The van der Waals surface area contributed by atoms with E-state index >= 15 is 0 Å². The summed E-state index contributed by atoms with van der Waals surface area (Å²) in [5.74, 6) is 1.00. The van der Waals surface area contributed by atoms with E-state index in [1.54, 1.807) is 0 Å². The Bertz CT molecular complexity index is 351. The number of hydrogen-bond acceptors (Lipinski definition) is 1. The highest BCUT2D eigenvalue weighted by Gasteiger charge is 2.33. The van der Waals surface area contributed by atoms with Crippen LogP contribution in [-0.4, -0.2) is 11.9 Å². The highest BCUT2D eigenvalue weighted by atomic mass is 16.1. The van der Waals surface area contributed by atoms with Crippen LogP contribution >= 0.6 is 0 Å². The maximum absolute atomic E-state index is 11.3. The van der Waals surface area contributed by atoms with Crippen molar-refractivity contribution in [2.45, 2.75) is 12.5 Å². The van der Waals surface area contributed by atoms with E-state index in [4.69, 9.17) is 0 Å². The lowest BCUT2D eigenvalue weighted by atomic mass is 9.82. The van der Waals surface area contributed by atoms with Gasteiger partial charge in [0, 0.05) is 18.3 Å². The van der Waals surface area contributed by atoms with Gasteiger partial charge >= 0.3 is 0 Å². The number of amides is 1. The summed E-state index contributed by atoms with van der Waals surface area (Å²) in [7, 11) is 0. The second kappa shape index (κ2) is 2.34. The first-order valence-electron chi connectivity index (χ1n) is 4.69. The Hall–Kier alpha value is -1.31. The molecule has 4 aliphatic rings. The Labute approximate surface area is 77.0 Å². The molecule has 0 radical (unpaired) electrons. The van der Waals surface area contributed by atoms with E-state index < -0.39 is 0 Å². The van der Waals surface area contributed by atoms with E-state index in [0.29, 0.717) is 18.3 Å². The molecule has 0 aromatic rings. The predicted molar refractivity (Wildman–Crippen MR) is 49.9 cm³/mol. The fourth-order valence-electron chi connectivity index (χ4n) is 2.36. The summed E-state index contributed by atoms with van der Waals surface area (Å²) in [6, 6.07) is 0.205. The molecule has 0 spiro atoms. The van der Waals surface area contributed by atoms with Gasteiger partial charge in [-0.1, -0.05) is 36.0 Å². The van der Waals surface area contributed by atoms with Gasteiger partial charge in [-0.3, -0.25) is 4.79 Å². The van der Waals surface area contributed by atoms with Gasteiger partial charge in [0.05, 0.1) is 6.04 Å². The largest absolute Gasteiger partial charge is 0.349 e. The van der Waals surface area contributed by atoms with Crippen LogP contribution in [0.25, 0.3) is 0 Å². The molecule has 4 rings (SSSR count). The maximum Gasteiger partial charge on any atom is 0.224 e. The Morgan fingerprint density at radius 3 is 3.00 bits per heavy atom. The van der Waals surface area contributed by atoms with Gasteiger partial charge in [0.2, 0.25) is 5.91 Å². The number of carbonyl (C=O) groups is 1. The summed E-state index contributed by atoms with van der Waals surface area (Å²) in [4.78, 5) is 11.3. The lowest BCUT2D eigenvalue weighted by Crippen LogP contribution is -2.44. The molecule has 1 N–H and O–H groups in total. The minimum atomic E-state index is 0.160. The summed E-state index contributed by atoms with van der Waals surface area (Å²) < 4.78 is 0. The molecule has 1 heterocycles. The number of hydrogen-bond donors (Lipinski definition) is 1.